The number of hydrogen-bond donors (Lipinski definition) is 1. The Balaban J connectivity index is 2.17. The Kier molecular flexibility index (Phi) is 2.23. The molecule has 1 aliphatic rings. The van der Waals surface area contributed by atoms with Crippen molar-refractivity contribution in [2.75, 3.05) is 0 Å². The number of benzene rings is 3. The van der Waals surface area contributed by atoms with Gasteiger partial charge in [-0.15, -0.1) is 0 Å². The van der Waals surface area contributed by atoms with E-state index in [1.807, 2.05) is 12.1 Å². The van der Waals surface area contributed by atoms with Crippen LogP contribution < -0.4 is 0 Å². The van der Waals surface area contributed by atoms with Gasteiger partial charge < -0.3 is 5.11 Å². The van der Waals surface area contributed by atoms with E-state index in [4.69, 9.17) is 0 Å². The van der Waals surface area contributed by atoms with Gasteiger partial charge in [0.25, 0.3) is 0 Å². The van der Waals surface area contributed by atoms with Crippen LogP contribution in [0, 0.1) is 13.8 Å². The number of hydrogen-bond acceptors (Lipinski definition) is 1. The third-order valence-electron chi connectivity index (χ3n) is 4.59. The maximum atomic E-state index is 9.80. The van der Waals surface area contributed by atoms with Crippen LogP contribution >= 0.6 is 0 Å². The van der Waals surface area contributed by atoms with Crippen molar-refractivity contribution in [3.63, 3.8) is 0 Å². The highest BCUT2D eigenvalue weighted by Crippen LogP contribution is 2.45. The molecule has 98 valence electrons. The molecule has 1 heteroatoms. The van der Waals surface area contributed by atoms with E-state index in [1.54, 1.807) is 6.07 Å². The Morgan fingerprint density at radius 2 is 1.60 bits per heavy atom. The van der Waals surface area contributed by atoms with Crippen LogP contribution in [0.5, 0.6) is 5.75 Å². The van der Waals surface area contributed by atoms with Crippen LogP contribution in [-0.4, -0.2) is 5.11 Å². The molecule has 0 amide bonds. The van der Waals surface area contributed by atoms with E-state index >= 15 is 0 Å². The molecule has 0 atom stereocenters. The Morgan fingerprint density at radius 3 is 2.35 bits per heavy atom. The smallest absolute Gasteiger partial charge is 0.116 e. The van der Waals surface area contributed by atoms with E-state index in [0.717, 1.165) is 6.42 Å². The summed E-state index contributed by atoms with van der Waals surface area (Å²) in [5.41, 5.74) is 7.96. The summed E-state index contributed by atoms with van der Waals surface area (Å²) < 4.78 is 0. The van der Waals surface area contributed by atoms with Gasteiger partial charge in [-0.2, -0.15) is 0 Å². The Labute approximate surface area is 118 Å². The summed E-state index contributed by atoms with van der Waals surface area (Å²) in [7, 11) is 0. The van der Waals surface area contributed by atoms with Gasteiger partial charge in [-0.05, 0) is 76.6 Å². The molecule has 3 aromatic rings. The van der Waals surface area contributed by atoms with Gasteiger partial charge in [0.1, 0.15) is 5.75 Å². The predicted octanol–water partition coefficient (Wildman–Crippen LogP) is 4.73. The van der Waals surface area contributed by atoms with Crippen molar-refractivity contribution < 1.29 is 5.11 Å². The zero-order chi connectivity index (χ0) is 13.9. The summed E-state index contributed by atoms with van der Waals surface area (Å²) in [6, 6.07) is 14.3. The monoisotopic (exact) mass is 260 g/mol. The summed E-state index contributed by atoms with van der Waals surface area (Å²) in [4.78, 5) is 0. The number of rotatable bonds is 0. The lowest BCUT2D eigenvalue weighted by Gasteiger charge is -2.14. The molecule has 0 heterocycles. The minimum absolute atomic E-state index is 0.349. The average molecular weight is 260 g/mol. The van der Waals surface area contributed by atoms with Crippen LogP contribution in [0.25, 0.3) is 21.9 Å². The topological polar surface area (TPSA) is 20.2 Å². The number of fused-ring (bicyclic) bond motifs is 4. The van der Waals surface area contributed by atoms with Crippen molar-refractivity contribution in [2.24, 2.45) is 0 Å². The highest BCUT2D eigenvalue weighted by Gasteiger charge is 2.24. The molecule has 3 aromatic carbocycles. The van der Waals surface area contributed by atoms with Crippen LogP contribution in [-0.2, 0) is 6.42 Å². The minimum Gasteiger partial charge on any atom is -0.508 e. The van der Waals surface area contributed by atoms with Crippen molar-refractivity contribution in [1.29, 1.82) is 0 Å². The third kappa shape index (κ3) is 1.38. The molecule has 0 saturated carbocycles. The summed E-state index contributed by atoms with van der Waals surface area (Å²) in [6.07, 6.45) is 0.975. The molecule has 4 rings (SSSR count). The van der Waals surface area contributed by atoms with Crippen molar-refractivity contribution in [3.8, 4) is 16.9 Å². The van der Waals surface area contributed by atoms with Crippen molar-refractivity contribution in [3.05, 3.63) is 64.7 Å². The summed E-state index contributed by atoms with van der Waals surface area (Å²) in [5, 5.41) is 12.5. The number of aryl methyl sites for hydroxylation is 2. The molecule has 1 N–H and O–H groups in total. The molecule has 0 aliphatic heterocycles. The largest absolute Gasteiger partial charge is 0.508 e. The average Bonchev–Trinajstić information content (AvgIpc) is 2.84. The molecule has 0 aromatic heterocycles. The fourth-order valence-corrected chi connectivity index (χ4v) is 3.58. The molecule has 20 heavy (non-hydrogen) atoms. The van der Waals surface area contributed by atoms with E-state index in [1.165, 1.54) is 44.2 Å². The fourth-order valence-electron chi connectivity index (χ4n) is 3.58. The predicted molar refractivity (Wildman–Crippen MR) is 83.3 cm³/mol. The Bertz CT molecular complexity index is 859. The molecule has 0 saturated heterocycles. The summed E-state index contributed by atoms with van der Waals surface area (Å²) in [6.45, 7) is 4.41. The lowest BCUT2D eigenvalue weighted by Crippen LogP contribution is -1.92. The van der Waals surface area contributed by atoms with E-state index < -0.39 is 0 Å². The number of phenolic OH excluding ortho intramolecular Hbond substituents is 1. The second kappa shape index (κ2) is 3.86. The molecular formula is C19H16O. The second-order valence-corrected chi connectivity index (χ2v) is 5.67. The first kappa shape index (κ1) is 11.5. The van der Waals surface area contributed by atoms with Crippen molar-refractivity contribution in [2.45, 2.75) is 20.3 Å². The van der Waals surface area contributed by atoms with Gasteiger partial charge in [0.2, 0.25) is 0 Å². The van der Waals surface area contributed by atoms with Crippen molar-refractivity contribution >= 4 is 10.8 Å². The quantitative estimate of drug-likeness (QED) is 0.484. The standard InChI is InChI=1S/C19H16O/c1-11-15-5-3-4-6-16(15)12(2)19-17(11)9-13-7-8-14(20)10-18(13)19/h3-8,10,20H,9H2,1-2H3. The van der Waals surface area contributed by atoms with Gasteiger partial charge in [0.05, 0.1) is 0 Å². The van der Waals surface area contributed by atoms with Gasteiger partial charge in [-0.1, -0.05) is 30.3 Å². The summed E-state index contributed by atoms with van der Waals surface area (Å²) >= 11 is 0. The minimum atomic E-state index is 0.349. The molecule has 1 aliphatic carbocycles. The fraction of sp³-hybridized carbons (Fsp3) is 0.158. The zero-order valence-corrected chi connectivity index (χ0v) is 11.7. The van der Waals surface area contributed by atoms with E-state index in [-0.39, 0.29) is 0 Å². The van der Waals surface area contributed by atoms with Crippen LogP contribution in [0.2, 0.25) is 0 Å². The Hall–Kier alpha value is -2.28. The van der Waals surface area contributed by atoms with Gasteiger partial charge in [0, 0.05) is 0 Å². The van der Waals surface area contributed by atoms with Gasteiger partial charge >= 0.3 is 0 Å². The zero-order valence-electron chi connectivity index (χ0n) is 11.7. The van der Waals surface area contributed by atoms with Crippen molar-refractivity contribution in [1.82, 2.24) is 0 Å². The highest BCUT2D eigenvalue weighted by molar-refractivity contribution is 5.98. The molecule has 0 radical (unpaired) electrons. The molecular weight excluding hydrogens is 244 g/mol. The lowest BCUT2D eigenvalue weighted by molar-refractivity contribution is 0.475. The molecule has 0 unspecified atom stereocenters. The second-order valence-electron chi connectivity index (χ2n) is 5.67. The number of phenols is 1. The molecule has 1 nitrogen and oxygen atoms in total. The Morgan fingerprint density at radius 1 is 0.900 bits per heavy atom. The van der Waals surface area contributed by atoms with Crippen LogP contribution in [0.3, 0.4) is 0 Å². The van der Waals surface area contributed by atoms with Crippen LogP contribution in [0.15, 0.2) is 42.5 Å². The molecule has 0 fully saturated rings. The summed E-state index contributed by atoms with van der Waals surface area (Å²) in [5.74, 6) is 0.349. The first-order valence-electron chi connectivity index (χ1n) is 7.00. The SMILES string of the molecule is Cc1c2c(c(C)c3ccccc13)-c1cc(O)ccc1C2. The third-order valence-corrected chi connectivity index (χ3v) is 4.59. The maximum Gasteiger partial charge on any atom is 0.116 e. The first-order valence-corrected chi connectivity index (χ1v) is 7.00. The van der Waals surface area contributed by atoms with Gasteiger partial charge in [0.15, 0.2) is 0 Å². The first-order chi connectivity index (χ1) is 9.66. The highest BCUT2D eigenvalue weighted by atomic mass is 16.3. The van der Waals surface area contributed by atoms with Crippen LogP contribution in [0.4, 0.5) is 0 Å². The van der Waals surface area contributed by atoms with Gasteiger partial charge in [-0.3, -0.25) is 0 Å². The molecule has 0 spiro atoms. The number of aromatic hydroxyl groups is 1. The van der Waals surface area contributed by atoms with Crippen LogP contribution in [0.1, 0.15) is 22.3 Å². The lowest BCUT2D eigenvalue weighted by atomic mass is 9.90. The normalized spacial score (nSPS) is 12.5. The van der Waals surface area contributed by atoms with E-state index in [9.17, 15) is 5.11 Å². The van der Waals surface area contributed by atoms with E-state index in [2.05, 4.69) is 38.1 Å². The van der Waals surface area contributed by atoms with E-state index in [0.29, 0.717) is 5.75 Å². The van der Waals surface area contributed by atoms with Gasteiger partial charge in [-0.25, -0.2) is 0 Å². The molecule has 0 bridgehead atoms. The maximum absolute atomic E-state index is 9.80.